The van der Waals surface area contributed by atoms with Crippen LogP contribution in [0.25, 0.3) is 0 Å². The van der Waals surface area contributed by atoms with Gasteiger partial charge in [0.1, 0.15) is 0 Å². The molecule has 5 nitrogen and oxygen atoms in total. The molecule has 1 heterocycles. The van der Waals surface area contributed by atoms with Crippen molar-refractivity contribution in [2.45, 2.75) is 33.2 Å². The van der Waals surface area contributed by atoms with Gasteiger partial charge in [-0.15, -0.1) is 0 Å². The van der Waals surface area contributed by atoms with Crippen LogP contribution in [0.5, 0.6) is 0 Å². The number of carbonyl (C=O) groups is 1. The number of ether oxygens (including phenoxy) is 1. The van der Waals surface area contributed by atoms with E-state index >= 15 is 0 Å². The first-order chi connectivity index (χ1) is 9.06. The summed E-state index contributed by atoms with van der Waals surface area (Å²) in [4.78, 5) is 16.1. The monoisotopic (exact) mass is 272 g/mol. The topological polar surface area (TPSA) is 53.0 Å². The van der Waals surface area contributed by atoms with Crippen LogP contribution < -0.4 is 0 Å². The highest BCUT2D eigenvalue weighted by Gasteiger charge is 2.23. The molecule has 1 unspecified atom stereocenters. The molecule has 1 saturated heterocycles. The highest BCUT2D eigenvalue weighted by molar-refractivity contribution is 5.71. The molecule has 0 aromatic heterocycles. The van der Waals surface area contributed by atoms with Gasteiger partial charge >= 0.3 is 5.97 Å². The largest absolute Gasteiger partial charge is 0.464 e. The number of rotatable bonds is 7. The lowest BCUT2D eigenvalue weighted by Gasteiger charge is -2.38. The normalized spacial score (nSPS) is 19.6. The van der Waals surface area contributed by atoms with Crippen molar-refractivity contribution in [3.63, 3.8) is 0 Å². The summed E-state index contributed by atoms with van der Waals surface area (Å²) in [5, 5.41) is 9.28. The number of hydrogen-bond acceptors (Lipinski definition) is 5. The molecular weight excluding hydrogens is 244 g/mol. The lowest BCUT2D eigenvalue weighted by molar-refractivity contribution is -0.146. The van der Waals surface area contributed by atoms with Gasteiger partial charge in [-0.25, -0.2) is 0 Å². The van der Waals surface area contributed by atoms with Crippen LogP contribution in [0.1, 0.15) is 27.2 Å². The van der Waals surface area contributed by atoms with E-state index in [2.05, 4.69) is 16.7 Å². The highest BCUT2D eigenvalue weighted by atomic mass is 16.5. The van der Waals surface area contributed by atoms with E-state index in [1.807, 2.05) is 13.8 Å². The molecule has 1 rings (SSSR count). The van der Waals surface area contributed by atoms with Crippen LogP contribution in [-0.2, 0) is 9.53 Å². The Morgan fingerprint density at radius 1 is 1.26 bits per heavy atom. The van der Waals surface area contributed by atoms with Gasteiger partial charge in [-0.1, -0.05) is 20.8 Å². The summed E-state index contributed by atoms with van der Waals surface area (Å²) in [6, 6.07) is 0.259. The third-order valence-electron chi connectivity index (χ3n) is 3.54. The summed E-state index contributed by atoms with van der Waals surface area (Å²) >= 11 is 0. The van der Waals surface area contributed by atoms with Gasteiger partial charge < -0.3 is 9.84 Å². The minimum atomic E-state index is -0.128. The zero-order valence-electron chi connectivity index (χ0n) is 12.5. The van der Waals surface area contributed by atoms with Crippen LogP contribution in [-0.4, -0.2) is 72.9 Å². The van der Waals surface area contributed by atoms with Crippen molar-refractivity contribution in [3.8, 4) is 0 Å². The highest BCUT2D eigenvalue weighted by Crippen LogP contribution is 2.09. The molecule has 112 valence electrons. The predicted molar refractivity (Wildman–Crippen MR) is 75.0 cm³/mol. The van der Waals surface area contributed by atoms with Gasteiger partial charge in [0, 0.05) is 32.2 Å². The molecular formula is C14H28N2O3. The molecule has 0 radical (unpaired) electrons. The van der Waals surface area contributed by atoms with Crippen molar-refractivity contribution in [1.29, 1.82) is 0 Å². The second-order valence-corrected chi connectivity index (χ2v) is 5.63. The van der Waals surface area contributed by atoms with Crippen LogP contribution in [0.2, 0.25) is 0 Å². The van der Waals surface area contributed by atoms with E-state index in [0.717, 1.165) is 32.6 Å². The molecule has 0 amide bonds. The fraction of sp³-hybridized carbons (Fsp3) is 0.929. The average Bonchev–Trinajstić information content (AvgIpc) is 2.40. The molecule has 1 N–H and O–H groups in total. The first-order valence-corrected chi connectivity index (χ1v) is 7.29. The maximum Gasteiger partial charge on any atom is 0.320 e. The first-order valence-electron chi connectivity index (χ1n) is 7.29. The Labute approximate surface area is 116 Å². The summed E-state index contributed by atoms with van der Waals surface area (Å²) < 4.78 is 5.19. The molecule has 19 heavy (non-hydrogen) atoms. The summed E-state index contributed by atoms with van der Waals surface area (Å²) in [5.74, 6) is 0.256. The smallest absolute Gasteiger partial charge is 0.320 e. The van der Waals surface area contributed by atoms with E-state index in [1.165, 1.54) is 0 Å². The quantitative estimate of drug-likeness (QED) is 0.687. The predicted octanol–water partition coefficient (Wildman–Crippen LogP) is 0.574. The number of piperazine rings is 1. The summed E-state index contributed by atoms with van der Waals surface area (Å²) in [6.45, 7) is 10.8. The lowest BCUT2D eigenvalue weighted by atomic mass is 10.1. The fourth-order valence-corrected chi connectivity index (χ4v) is 2.28. The minimum Gasteiger partial charge on any atom is -0.464 e. The number of esters is 1. The third kappa shape index (κ3) is 5.89. The van der Waals surface area contributed by atoms with E-state index in [0.29, 0.717) is 19.1 Å². The molecule has 0 saturated carbocycles. The van der Waals surface area contributed by atoms with Crippen molar-refractivity contribution in [2.24, 2.45) is 5.92 Å². The van der Waals surface area contributed by atoms with Gasteiger partial charge in [-0.2, -0.15) is 0 Å². The Hall–Kier alpha value is -0.650. The van der Waals surface area contributed by atoms with Crippen LogP contribution in [0.15, 0.2) is 0 Å². The van der Waals surface area contributed by atoms with Crippen LogP contribution in [0.4, 0.5) is 0 Å². The van der Waals surface area contributed by atoms with Crippen molar-refractivity contribution >= 4 is 5.97 Å². The van der Waals surface area contributed by atoms with E-state index in [-0.39, 0.29) is 18.6 Å². The fourth-order valence-electron chi connectivity index (χ4n) is 2.28. The molecule has 0 aromatic carbocycles. The van der Waals surface area contributed by atoms with Gasteiger partial charge in [0.15, 0.2) is 0 Å². The van der Waals surface area contributed by atoms with Crippen LogP contribution in [0, 0.1) is 5.92 Å². The number of nitrogens with zero attached hydrogens (tertiary/aromatic N) is 2. The van der Waals surface area contributed by atoms with Gasteiger partial charge in [0.2, 0.25) is 0 Å². The Balaban J connectivity index is 2.24. The molecule has 1 fully saturated rings. The Morgan fingerprint density at radius 3 is 2.37 bits per heavy atom. The SMILES string of the molecule is CCC(CO)N1CCN(CC(=O)OCC(C)C)CC1. The standard InChI is InChI=1S/C14H28N2O3/c1-4-13(10-17)16-7-5-15(6-8-16)9-14(18)19-11-12(2)3/h12-13,17H,4-11H2,1-3H3. The van der Waals surface area contributed by atoms with Crippen molar-refractivity contribution in [3.05, 3.63) is 0 Å². The second kappa shape index (κ2) is 8.51. The molecule has 5 heteroatoms. The zero-order valence-corrected chi connectivity index (χ0v) is 12.5. The van der Waals surface area contributed by atoms with Gasteiger partial charge in [0.05, 0.1) is 19.8 Å². The molecule has 0 aromatic rings. The first kappa shape index (κ1) is 16.4. The van der Waals surface area contributed by atoms with E-state index in [1.54, 1.807) is 0 Å². The van der Waals surface area contributed by atoms with Crippen molar-refractivity contribution < 1.29 is 14.6 Å². The minimum absolute atomic E-state index is 0.128. The van der Waals surface area contributed by atoms with Gasteiger partial charge in [-0.3, -0.25) is 14.6 Å². The lowest BCUT2D eigenvalue weighted by Crippen LogP contribution is -2.52. The van der Waals surface area contributed by atoms with E-state index in [4.69, 9.17) is 4.74 Å². The van der Waals surface area contributed by atoms with Gasteiger partial charge in [0.25, 0.3) is 0 Å². The van der Waals surface area contributed by atoms with Crippen molar-refractivity contribution in [2.75, 3.05) is 45.9 Å². The van der Waals surface area contributed by atoms with Crippen LogP contribution in [0.3, 0.4) is 0 Å². The van der Waals surface area contributed by atoms with E-state index < -0.39 is 0 Å². The number of carbonyl (C=O) groups excluding carboxylic acids is 1. The summed E-state index contributed by atoms with van der Waals surface area (Å²) in [6.07, 6.45) is 0.965. The number of hydrogen-bond donors (Lipinski definition) is 1. The number of aliphatic hydroxyl groups excluding tert-OH is 1. The summed E-state index contributed by atoms with van der Waals surface area (Å²) in [5.41, 5.74) is 0. The number of aliphatic hydroxyl groups is 1. The Morgan fingerprint density at radius 2 is 1.89 bits per heavy atom. The average molecular weight is 272 g/mol. The maximum atomic E-state index is 11.6. The molecule has 1 aliphatic heterocycles. The van der Waals surface area contributed by atoms with Crippen molar-refractivity contribution in [1.82, 2.24) is 9.80 Å². The Bertz CT molecular complexity index is 259. The molecule has 1 aliphatic rings. The maximum absolute atomic E-state index is 11.6. The summed E-state index contributed by atoms with van der Waals surface area (Å²) in [7, 11) is 0. The second-order valence-electron chi connectivity index (χ2n) is 5.63. The van der Waals surface area contributed by atoms with Crippen LogP contribution >= 0.6 is 0 Å². The Kier molecular flexibility index (Phi) is 7.34. The van der Waals surface area contributed by atoms with Gasteiger partial charge in [-0.05, 0) is 12.3 Å². The molecule has 1 atom stereocenters. The molecule has 0 aliphatic carbocycles. The third-order valence-corrected chi connectivity index (χ3v) is 3.54. The van der Waals surface area contributed by atoms with E-state index in [9.17, 15) is 9.90 Å². The molecule has 0 bridgehead atoms. The molecule has 0 spiro atoms. The zero-order chi connectivity index (χ0) is 14.3.